The van der Waals surface area contributed by atoms with Crippen LogP contribution in [0.25, 0.3) is 0 Å². The lowest BCUT2D eigenvalue weighted by Crippen LogP contribution is -2.14. The van der Waals surface area contributed by atoms with Crippen molar-refractivity contribution in [1.29, 1.82) is 0 Å². The molecule has 2 aromatic rings. The highest BCUT2D eigenvalue weighted by molar-refractivity contribution is 7.11. The molecule has 0 fully saturated rings. The Morgan fingerprint density at radius 2 is 2.24 bits per heavy atom. The number of aromatic carboxylic acids is 1. The highest BCUT2D eigenvalue weighted by Crippen LogP contribution is 2.15. The maximum absolute atomic E-state index is 11.7. The molecule has 0 aliphatic heterocycles. The van der Waals surface area contributed by atoms with Crippen LogP contribution < -0.4 is 5.32 Å². The standard InChI is InChI=1S/C10H7N3O3S/c14-9(7-4-11-5-17-7)13-6-2-1-3-12-8(6)10(15)16/h1-5H,(H,13,14)(H,15,16). The van der Waals surface area contributed by atoms with E-state index in [1.54, 1.807) is 6.07 Å². The van der Waals surface area contributed by atoms with Crippen LogP contribution in [0.1, 0.15) is 20.2 Å². The highest BCUT2D eigenvalue weighted by Gasteiger charge is 2.14. The molecule has 2 N–H and O–H groups in total. The van der Waals surface area contributed by atoms with E-state index >= 15 is 0 Å². The number of hydrogen-bond acceptors (Lipinski definition) is 5. The molecule has 7 heteroatoms. The largest absolute Gasteiger partial charge is 0.476 e. The number of carboxylic acid groups (broad SMARTS) is 1. The van der Waals surface area contributed by atoms with Gasteiger partial charge >= 0.3 is 5.97 Å². The molecule has 2 aromatic heterocycles. The average molecular weight is 249 g/mol. The Morgan fingerprint density at radius 3 is 2.88 bits per heavy atom. The fourth-order valence-corrected chi connectivity index (χ4v) is 1.70. The van der Waals surface area contributed by atoms with E-state index < -0.39 is 11.9 Å². The number of carboxylic acids is 1. The molecule has 0 aliphatic rings. The van der Waals surface area contributed by atoms with E-state index in [4.69, 9.17) is 5.11 Å². The number of aromatic nitrogens is 2. The van der Waals surface area contributed by atoms with Crippen molar-refractivity contribution >= 4 is 28.9 Å². The van der Waals surface area contributed by atoms with Gasteiger partial charge in [-0.3, -0.25) is 9.78 Å². The Bertz CT molecular complexity index is 554. The molecule has 86 valence electrons. The topological polar surface area (TPSA) is 92.2 Å². The van der Waals surface area contributed by atoms with E-state index in [-0.39, 0.29) is 11.4 Å². The molecule has 0 aromatic carbocycles. The Kier molecular flexibility index (Phi) is 3.10. The van der Waals surface area contributed by atoms with Crippen molar-refractivity contribution in [3.63, 3.8) is 0 Å². The van der Waals surface area contributed by atoms with Crippen LogP contribution in [0.3, 0.4) is 0 Å². The quantitative estimate of drug-likeness (QED) is 0.859. The molecular formula is C10H7N3O3S. The van der Waals surface area contributed by atoms with Gasteiger partial charge in [0.2, 0.25) is 0 Å². The number of thiazole rings is 1. The van der Waals surface area contributed by atoms with Gasteiger partial charge in [0.1, 0.15) is 4.88 Å². The van der Waals surface area contributed by atoms with E-state index in [1.165, 1.54) is 35.3 Å². The molecule has 0 radical (unpaired) electrons. The summed E-state index contributed by atoms with van der Waals surface area (Å²) in [7, 11) is 0. The van der Waals surface area contributed by atoms with Gasteiger partial charge in [0.05, 0.1) is 17.4 Å². The third kappa shape index (κ3) is 2.45. The molecule has 0 saturated carbocycles. The SMILES string of the molecule is O=C(Nc1cccnc1C(=O)O)c1cncs1. The minimum Gasteiger partial charge on any atom is -0.476 e. The van der Waals surface area contributed by atoms with E-state index in [0.717, 1.165) is 0 Å². The van der Waals surface area contributed by atoms with Crippen molar-refractivity contribution in [2.45, 2.75) is 0 Å². The summed E-state index contributed by atoms with van der Waals surface area (Å²) in [5.74, 6) is -1.59. The van der Waals surface area contributed by atoms with Gasteiger partial charge in [-0.1, -0.05) is 0 Å². The maximum Gasteiger partial charge on any atom is 0.356 e. The lowest BCUT2D eigenvalue weighted by atomic mass is 10.3. The van der Waals surface area contributed by atoms with Crippen molar-refractivity contribution in [2.75, 3.05) is 5.32 Å². The summed E-state index contributed by atoms with van der Waals surface area (Å²) in [6.45, 7) is 0. The second kappa shape index (κ2) is 4.71. The number of hydrogen-bond donors (Lipinski definition) is 2. The van der Waals surface area contributed by atoms with Crippen LogP contribution in [0.2, 0.25) is 0 Å². The van der Waals surface area contributed by atoms with Gasteiger partial charge < -0.3 is 10.4 Å². The number of anilines is 1. The first-order valence-corrected chi connectivity index (χ1v) is 5.44. The summed E-state index contributed by atoms with van der Waals surface area (Å²) in [4.78, 5) is 30.4. The molecule has 2 heterocycles. The summed E-state index contributed by atoms with van der Waals surface area (Å²) in [6, 6.07) is 3.03. The van der Waals surface area contributed by atoms with Gasteiger partial charge in [-0.15, -0.1) is 11.3 Å². The smallest absolute Gasteiger partial charge is 0.356 e. The molecular weight excluding hydrogens is 242 g/mol. The van der Waals surface area contributed by atoms with Crippen LogP contribution in [0, 0.1) is 0 Å². The van der Waals surface area contributed by atoms with Gasteiger partial charge in [-0.2, -0.15) is 0 Å². The number of amides is 1. The summed E-state index contributed by atoms with van der Waals surface area (Å²) in [5, 5.41) is 11.4. The zero-order valence-corrected chi connectivity index (χ0v) is 9.27. The van der Waals surface area contributed by atoms with Crippen molar-refractivity contribution < 1.29 is 14.7 Å². The second-order valence-corrected chi connectivity index (χ2v) is 3.91. The predicted molar refractivity (Wildman–Crippen MR) is 61.3 cm³/mol. The molecule has 0 bridgehead atoms. The van der Waals surface area contributed by atoms with Crippen molar-refractivity contribution in [2.24, 2.45) is 0 Å². The molecule has 2 rings (SSSR count). The zero-order chi connectivity index (χ0) is 12.3. The van der Waals surface area contributed by atoms with E-state index in [0.29, 0.717) is 4.88 Å². The van der Waals surface area contributed by atoms with Gasteiger partial charge in [-0.05, 0) is 12.1 Å². The van der Waals surface area contributed by atoms with Gasteiger partial charge in [0.15, 0.2) is 5.69 Å². The summed E-state index contributed by atoms with van der Waals surface area (Å²) >= 11 is 1.17. The molecule has 0 aliphatic carbocycles. The predicted octanol–water partition coefficient (Wildman–Crippen LogP) is 1.49. The Labute approximate surface area is 100.0 Å². The first kappa shape index (κ1) is 11.2. The highest BCUT2D eigenvalue weighted by atomic mass is 32.1. The van der Waals surface area contributed by atoms with Gasteiger partial charge in [0.25, 0.3) is 5.91 Å². The normalized spacial score (nSPS) is 9.88. The van der Waals surface area contributed by atoms with E-state index in [9.17, 15) is 9.59 Å². The Morgan fingerprint density at radius 1 is 1.41 bits per heavy atom. The summed E-state index contributed by atoms with van der Waals surface area (Å²) in [5.41, 5.74) is 1.50. The number of pyridine rings is 1. The number of carbonyl (C=O) groups excluding carboxylic acids is 1. The average Bonchev–Trinajstić information content (AvgIpc) is 2.83. The lowest BCUT2D eigenvalue weighted by molar-refractivity contribution is 0.0692. The zero-order valence-electron chi connectivity index (χ0n) is 8.45. The number of rotatable bonds is 3. The first-order valence-electron chi connectivity index (χ1n) is 4.56. The number of carbonyl (C=O) groups is 2. The van der Waals surface area contributed by atoms with Crippen LogP contribution in [0.5, 0.6) is 0 Å². The minimum absolute atomic E-state index is 0.165. The molecule has 6 nitrogen and oxygen atoms in total. The Balaban J connectivity index is 2.25. The second-order valence-electron chi connectivity index (χ2n) is 3.02. The van der Waals surface area contributed by atoms with Crippen LogP contribution in [0.4, 0.5) is 5.69 Å². The molecule has 0 saturated heterocycles. The van der Waals surface area contributed by atoms with Crippen molar-refractivity contribution in [1.82, 2.24) is 9.97 Å². The maximum atomic E-state index is 11.7. The van der Waals surface area contributed by atoms with Crippen molar-refractivity contribution in [3.8, 4) is 0 Å². The third-order valence-electron chi connectivity index (χ3n) is 1.91. The van der Waals surface area contributed by atoms with Gasteiger partial charge in [-0.25, -0.2) is 9.78 Å². The van der Waals surface area contributed by atoms with E-state index in [2.05, 4.69) is 15.3 Å². The third-order valence-corrected chi connectivity index (χ3v) is 2.69. The number of nitrogens with zero attached hydrogens (tertiary/aromatic N) is 2. The first-order chi connectivity index (χ1) is 8.18. The van der Waals surface area contributed by atoms with Crippen LogP contribution in [-0.4, -0.2) is 27.0 Å². The van der Waals surface area contributed by atoms with Crippen molar-refractivity contribution in [3.05, 3.63) is 40.6 Å². The molecule has 0 unspecified atom stereocenters. The summed E-state index contributed by atoms with van der Waals surface area (Å²) in [6.07, 6.45) is 2.77. The molecule has 0 spiro atoms. The monoisotopic (exact) mass is 249 g/mol. The minimum atomic E-state index is -1.19. The fraction of sp³-hybridized carbons (Fsp3) is 0. The molecule has 17 heavy (non-hydrogen) atoms. The lowest BCUT2D eigenvalue weighted by Gasteiger charge is -2.05. The molecule has 1 amide bonds. The van der Waals surface area contributed by atoms with Gasteiger partial charge in [0, 0.05) is 6.20 Å². The van der Waals surface area contributed by atoms with Crippen LogP contribution >= 0.6 is 11.3 Å². The van der Waals surface area contributed by atoms with Crippen LogP contribution in [0.15, 0.2) is 30.0 Å². The summed E-state index contributed by atoms with van der Waals surface area (Å²) < 4.78 is 0. The van der Waals surface area contributed by atoms with Crippen LogP contribution in [-0.2, 0) is 0 Å². The Hall–Kier alpha value is -2.28. The fourth-order valence-electron chi connectivity index (χ4n) is 1.19. The molecule has 0 atom stereocenters. The number of nitrogens with one attached hydrogen (secondary N) is 1. The van der Waals surface area contributed by atoms with E-state index in [1.807, 2.05) is 0 Å².